The Labute approximate surface area is 106 Å². The topological polar surface area (TPSA) is 75.2 Å². The number of aromatic nitrogens is 1. The molecule has 1 aromatic heterocycles. The molecule has 0 amide bonds. The number of hydrogen-bond donors (Lipinski definition) is 2. The first-order valence-corrected chi connectivity index (χ1v) is 5.69. The lowest BCUT2D eigenvalue weighted by Crippen LogP contribution is -2.31. The fourth-order valence-corrected chi connectivity index (χ4v) is 1.46. The van der Waals surface area contributed by atoms with Crippen molar-refractivity contribution in [1.82, 2.24) is 4.98 Å². The van der Waals surface area contributed by atoms with Crippen LogP contribution in [0.4, 0.5) is 5.82 Å². The van der Waals surface area contributed by atoms with Crippen molar-refractivity contribution in [3.05, 3.63) is 23.4 Å². The third-order valence-corrected chi connectivity index (χ3v) is 2.48. The summed E-state index contributed by atoms with van der Waals surface area (Å²) >= 11 is 5.79. The van der Waals surface area contributed by atoms with Crippen LogP contribution in [0.3, 0.4) is 0 Å². The summed E-state index contributed by atoms with van der Waals surface area (Å²) < 4.78 is 5.04. The van der Waals surface area contributed by atoms with Gasteiger partial charge in [-0.25, -0.2) is 4.98 Å². The largest absolute Gasteiger partial charge is 0.388 e. The van der Waals surface area contributed by atoms with Crippen LogP contribution in [0.5, 0.6) is 0 Å². The van der Waals surface area contributed by atoms with E-state index in [-0.39, 0.29) is 5.84 Å². The van der Waals surface area contributed by atoms with Crippen LogP contribution in [0.2, 0.25) is 5.02 Å². The SMILES string of the molecule is COCCN(CCC(=N)N)c1ccc(Cl)cn1. The Hall–Kier alpha value is -1.33. The van der Waals surface area contributed by atoms with Crippen LogP contribution in [0.1, 0.15) is 6.42 Å². The molecule has 0 bridgehead atoms. The molecule has 94 valence electrons. The Morgan fingerprint density at radius 2 is 2.29 bits per heavy atom. The van der Waals surface area contributed by atoms with E-state index < -0.39 is 0 Å². The van der Waals surface area contributed by atoms with Crippen molar-refractivity contribution >= 4 is 23.3 Å². The van der Waals surface area contributed by atoms with Crippen LogP contribution in [0.15, 0.2) is 18.3 Å². The van der Waals surface area contributed by atoms with Gasteiger partial charge in [0.2, 0.25) is 0 Å². The number of methoxy groups -OCH3 is 1. The minimum Gasteiger partial charge on any atom is -0.388 e. The van der Waals surface area contributed by atoms with Crippen molar-refractivity contribution in [2.75, 3.05) is 31.7 Å². The Balaban J connectivity index is 2.67. The summed E-state index contributed by atoms with van der Waals surface area (Å²) in [4.78, 5) is 6.25. The summed E-state index contributed by atoms with van der Waals surface area (Å²) in [6, 6.07) is 3.63. The molecule has 0 aliphatic heterocycles. The van der Waals surface area contributed by atoms with E-state index in [0.717, 1.165) is 5.82 Å². The molecule has 1 heterocycles. The van der Waals surface area contributed by atoms with E-state index in [4.69, 9.17) is 27.5 Å². The number of nitrogens with one attached hydrogen (secondary N) is 1. The normalized spacial score (nSPS) is 10.2. The maximum atomic E-state index is 7.24. The van der Waals surface area contributed by atoms with Gasteiger partial charge >= 0.3 is 0 Å². The van der Waals surface area contributed by atoms with Gasteiger partial charge in [-0.1, -0.05) is 11.6 Å². The first-order chi connectivity index (χ1) is 8.13. The Bertz CT molecular complexity index is 355. The number of nitrogens with zero attached hydrogens (tertiary/aromatic N) is 2. The minimum absolute atomic E-state index is 0.168. The van der Waals surface area contributed by atoms with E-state index in [1.807, 2.05) is 11.0 Å². The van der Waals surface area contributed by atoms with Crippen molar-refractivity contribution in [3.63, 3.8) is 0 Å². The lowest BCUT2D eigenvalue weighted by atomic mass is 10.3. The highest BCUT2D eigenvalue weighted by atomic mass is 35.5. The van der Waals surface area contributed by atoms with Crippen LogP contribution in [-0.4, -0.2) is 37.6 Å². The number of amidine groups is 1. The molecule has 0 unspecified atom stereocenters. The molecule has 1 rings (SSSR count). The lowest BCUT2D eigenvalue weighted by Gasteiger charge is -2.23. The second-order valence-electron chi connectivity index (χ2n) is 3.59. The van der Waals surface area contributed by atoms with Gasteiger partial charge in [0.15, 0.2) is 0 Å². The second kappa shape index (κ2) is 7.09. The quantitative estimate of drug-likeness (QED) is 0.573. The van der Waals surface area contributed by atoms with Crippen LogP contribution in [0, 0.1) is 5.41 Å². The van der Waals surface area contributed by atoms with Crippen LogP contribution in [-0.2, 0) is 4.74 Å². The molecular formula is C11H17ClN4O. The highest BCUT2D eigenvalue weighted by Gasteiger charge is 2.07. The zero-order chi connectivity index (χ0) is 12.7. The lowest BCUT2D eigenvalue weighted by molar-refractivity contribution is 0.205. The van der Waals surface area contributed by atoms with E-state index in [1.165, 1.54) is 0 Å². The number of pyridine rings is 1. The van der Waals surface area contributed by atoms with Crippen LogP contribution >= 0.6 is 11.6 Å². The number of anilines is 1. The number of rotatable bonds is 7. The van der Waals surface area contributed by atoms with Crippen molar-refractivity contribution < 1.29 is 4.74 Å². The molecule has 0 atom stereocenters. The molecule has 0 saturated heterocycles. The van der Waals surface area contributed by atoms with Crippen LogP contribution in [0.25, 0.3) is 0 Å². The summed E-state index contributed by atoms with van der Waals surface area (Å²) in [6.07, 6.45) is 2.11. The molecule has 0 fully saturated rings. The molecule has 0 radical (unpaired) electrons. The van der Waals surface area contributed by atoms with Gasteiger partial charge in [-0.05, 0) is 12.1 Å². The predicted octanol–water partition coefficient (Wildman–Crippen LogP) is 1.51. The monoisotopic (exact) mass is 256 g/mol. The molecule has 3 N–H and O–H groups in total. The number of ether oxygens (including phenoxy) is 1. The molecule has 1 aromatic rings. The Morgan fingerprint density at radius 1 is 1.53 bits per heavy atom. The highest BCUT2D eigenvalue weighted by Crippen LogP contribution is 2.14. The molecular weight excluding hydrogens is 240 g/mol. The van der Waals surface area contributed by atoms with Gasteiger partial charge in [-0.3, -0.25) is 5.41 Å². The van der Waals surface area contributed by atoms with Crippen LogP contribution < -0.4 is 10.6 Å². The highest BCUT2D eigenvalue weighted by molar-refractivity contribution is 6.30. The van der Waals surface area contributed by atoms with E-state index in [9.17, 15) is 0 Å². The average molecular weight is 257 g/mol. The molecule has 17 heavy (non-hydrogen) atoms. The molecule has 0 aliphatic rings. The van der Waals surface area contributed by atoms with E-state index in [1.54, 1.807) is 19.4 Å². The fourth-order valence-electron chi connectivity index (χ4n) is 1.35. The summed E-state index contributed by atoms with van der Waals surface area (Å²) in [5.74, 6) is 0.981. The van der Waals surface area contributed by atoms with Gasteiger partial charge in [-0.15, -0.1) is 0 Å². The third-order valence-electron chi connectivity index (χ3n) is 2.25. The van der Waals surface area contributed by atoms with Gasteiger partial charge in [0.25, 0.3) is 0 Å². The zero-order valence-electron chi connectivity index (χ0n) is 9.82. The third kappa shape index (κ3) is 5.01. The van der Waals surface area contributed by atoms with Gasteiger partial charge < -0.3 is 15.4 Å². The maximum absolute atomic E-state index is 7.24. The first-order valence-electron chi connectivity index (χ1n) is 5.32. The van der Waals surface area contributed by atoms with Gasteiger partial charge in [0.1, 0.15) is 5.82 Å². The summed E-state index contributed by atoms with van der Waals surface area (Å²) in [5.41, 5.74) is 5.36. The van der Waals surface area contributed by atoms with Crippen molar-refractivity contribution in [2.45, 2.75) is 6.42 Å². The molecule has 5 nitrogen and oxygen atoms in total. The van der Waals surface area contributed by atoms with Crippen molar-refractivity contribution in [2.24, 2.45) is 5.73 Å². The van der Waals surface area contributed by atoms with Gasteiger partial charge in [0.05, 0.1) is 17.5 Å². The van der Waals surface area contributed by atoms with E-state index >= 15 is 0 Å². The van der Waals surface area contributed by atoms with Crippen molar-refractivity contribution in [1.29, 1.82) is 5.41 Å². The Morgan fingerprint density at radius 3 is 2.82 bits per heavy atom. The first kappa shape index (κ1) is 13.7. The summed E-state index contributed by atoms with van der Waals surface area (Å²) in [6.45, 7) is 1.95. The van der Waals surface area contributed by atoms with E-state index in [2.05, 4.69) is 4.98 Å². The number of nitrogens with two attached hydrogens (primary N) is 1. The molecule has 0 saturated carbocycles. The molecule has 0 spiro atoms. The minimum atomic E-state index is 0.168. The number of hydrogen-bond acceptors (Lipinski definition) is 4. The smallest absolute Gasteiger partial charge is 0.128 e. The van der Waals surface area contributed by atoms with Gasteiger partial charge in [-0.2, -0.15) is 0 Å². The van der Waals surface area contributed by atoms with Crippen molar-refractivity contribution in [3.8, 4) is 0 Å². The summed E-state index contributed by atoms with van der Waals surface area (Å²) in [7, 11) is 1.65. The predicted molar refractivity (Wildman–Crippen MR) is 69.9 cm³/mol. The fraction of sp³-hybridized carbons (Fsp3) is 0.455. The molecule has 0 aromatic carbocycles. The Kier molecular flexibility index (Phi) is 5.72. The maximum Gasteiger partial charge on any atom is 0.128 e. The molecule has 0 aliphatic carbocycles. The zero-order valence-corrected chi connectivity index (χ0v) is 10.6. The summed E-state index contributed by atoms with van der Waals surface area (Å²) in [5, 5.41) is 7.84. The second-order valence-corrected chi connectivity index (χ2v) is 4.03. The van der Waals surface area contributed by atoms with E-state index in [0.29, 0.717) is 31.1 Å². The standard InChI is InChI=1S/C11H17ClN4O/c1-17-7-6-16(5-4-10(13)14)11-3-2-9(12)8-15-11/h2-3,8H,4-7H2,1H3,(H3,13,14). The number of halogens is 1. The van der Waals surface area contributed by atoms with Gasteiger partial charge in [0, 0.05) is 32.8 Å². The molecule has 6 heteroatoms. The average Bonchev–Trinajstić information content (AvgIpc) is 2.30.